The van der Waals surface area contributed by atoms with Gasteiger partial charge in [0.05, 0.1) is 16.8 Å². The van der Waals surface area contributed by atoms with E-state index in [0.717, 1.165) is 40.9 Å². The lowest BCUT2D eigenvalue weighted by atomic mass is 9.57. The zero-order valence-corrected chi connectivity index (χ0v) is 32.0. The summed E-state index contributed by atoms with van der Waals surface area (Å²) in [5.74, 6) is 0.376. The molecule has 0 bridgehead atoms. The zero-order chi connectivity index (χ0) is 37.9. The maximum absolute atomic E-state index is 5.29. The minimum Gasteiger partial charge on any atom is -0.248 e. The Hall–Kier alpha value is -6.83. The number of allylic oxidation sites excluding steroid dienone is 4. The van der Waals surface area contributed by atoms with Crippen molar-refractivity contribution < 1.29 is 0 Å². The number of nitrogens with zero attached hydrogens (tertiary/aromatic N) is 1. The second-order valence-corrected chi connectivity index (χ2v) is 15.9. The molecule has 0 N–H and O–H groups in total. The van der Waals surface area contributed by atoms with Crippen LogP contribution in [0.25, 0.3) is 61.5 Å². The second kappa shape index (κ2) is 13.4. The van der Waals surface area contributed by atoms with Gasteiger partial charge in [0.15, 0.2) is 0 Å². The van der Waals surface area contributed by atoms with E-state index in [2.05, 4.69) is 207 Å². The number of pyridine rings is 1. The van der Waals surface area contributed by atoms with Gasteiger partial charge in [-0.3, -0.25) is 0 Å². The first-order valence-corrected chi connectivity index (χ1v) is 20.2. The Kier molecular flexibility index (Phi) is 7.89. The summed E-state index contributed by atoms with van der Waals surface area (Å²) < 4.78 is 0. The summed E-state index contributed by atoms with van der Waals surface area (Å²) in [7, 11) is 0. The lowest BCUT2D eigenvalue weighted by Gasteiger charge is -2.45. The summed E-state index contributed by atoms with van der Waals surface area (Å²) in [6.45, 7) is 2.41. The van der Waals surface area contributed by atoms with Crippen molar-refractivity contribution in [3.63, 3.8) is 0 Å². The lowest BCUT2D eigenvalue weighted by Crippen LogP contribution is -2.37. The predicted octanol–water partition coefficient (Wildman–Crippen LogP) is 14.0. The molecule has 0 radical (unpaired) electrons. The van der Waals surface area contributed by atoms with Crippen molar-refractivity contribution in [2.75, 3.05) is 0 Å². The van der Waals surface area contributed by atoms with Crippen LogP contribution in [0.15, 0.2) is 211 Å². The maximum atomic E-state index is 5.29. The first kappa shape index (κ1) is 33.5. The molecule has 3 aliphatic carbocycles. The highest BCUT2D eigenvalue weighted by Crippen LogP contribution is 2.62. The van der Waals surface area contributed by atoms with E-state index in [1.807, 2.05) is 0 Å². The molecule has 1 nitrogen and oxygen atoms in total. The first-order valence-electron chi connectivity index (χ1n) is 20.2. The number of benzene rings is 7. The van der Waals surface area contributed by atoms with Gasteiger partial charge in [0, 0.05) is 11.1 Å². The van der Waals surface area contributed by atoms with Crippen LogP contribution in [-0.4, -0.2) is 4.98 Å². The van der Waals surface area contributed by atoms with E-state index in [1.165, 1.54) is 66.8 Å². The standard InChI is InChI=1S/C56H41N/c1-37-31-48(49-34-41-21-8-13-28-50(41)56(53(49)32-37)51-29-14-11-26-46(51)47-27-12-15-30-52(47)56)45-25-10-9-24-44(45)40-22-16-23-42(33-40)55-36-43(38-17-4-2-5-18-38)35-54(57-55)39-19-6-3-7-20-39/h2-31,33,35-37H,32,34H2,1H3. The van der Waals surface area contributed by atoms with Gasteiger partial charge in [0.25, 0.3) is 0 Å². The second-order valence-electron chi connectivity index (χ2n) is 15.9. The van der Waals surface area contributed by atoms with Gasteiger partial charge in [-0.1, -0.05) is 189 Å². The third kappa shape index (κ3) is 5.34. The van der Waals surface area contributed by atoms with Crippen molar-refractivity contribution in [2.45, 2.75) is 25.2 Å². The molecule has 0 saturated heterocycles. The van der Waals surface area contributed by atoms with Crippen LogP contribution in [0.5, 0.6) is 0 Å². The van der Waals surface area contributed by atoms with Crippen LogP contribution < -0.4 is 0 Å². The fraction of sp³-hybridized carbons (Fsp3) is 0.0893. The molecule has 1 unspecified atom stereocenters. The molecular formula is C56H41N. The molecule has 1 spiro atoms. The Morgan fingerprint density at radius 3 is 1.67 bits per heavy atom. The first-order chi connectivity index (χ1) is 28.2. The number of hydrogen-bond acceptors (Lipinski definition) is 1. The molecule has 57 heavy (non-hydrogen) atoms. The monoisotopic (exact) mass is 727 g/mol. The lowest BCUT2D eigenvalue weighted by molar-refractivity contribution is 0.592. The normalized spacial score (nSPS) is 16.0. The summed E-state index contributed by atoms with van der Waals surface area (Å²) in [6, 6.07) is 71.3. The van der Waals surface area contributed by atoms with Crippen LogP contribution in [0.2, 0.25) is 0 Å². The SMILES string of the molecule is CC1C=C(c2ccccc2-c2cccc(-c3cc(-c4ccccc4)cc(-c4ccccc4)n3)c2)C2=C(C1)C1(c3ccccc3C2)c2ccccc2-c2ccccc21. The highest BCUT2D eigenvalue weighted by atomic mass is 14.7. The van der Waals surface area contributed by atoms with Crippen molar-refractivity contribution in [1.82, 2.24) is 4.98 Å². The molecule has 270 valence electrons. The van der Waals surface area contributed by atoms with E-state index in [-0.39, 0.29) is 5.41 Å². The maximum Gasteiger partial charge on any atom is 0.0715 e. The summed E-state index contributed by atoms with van der Waals surface area (Å²) in [6.07, 6.45) is 4.51. The Bertz CT molecular complexity index is 2810. The van der Waals surface area contributed by atoms with Crippen LogP contribution in [0, 0.1) is 5.92 Å². The van der Waals surface area contributed by atoms with Gasteiger partial charge in [-0.2, -0.15) is 0 Å². The molecule has 1 heteroatoms. The molecule has 1 heterocycles. The minimum atomic E-state index is -0.327. The quantitative estimate of drug-likeness (QED) is 0.172. The van der Waals surface area contributed by atoms with E-state index in [1.54, 1.807) is 5.57 Å². The highest BCUT2D eigenvalue weighted by molar-refractivity contribution is 5.95. The van der Waals surface area contributed by atoms with Crippen molar-refractivity contribution >= 4 is 5.57 Å². The van der Waals surface area contributed by atoms with Gasteiger partial charge < -0.3 is 0 Å². The van der Waals surface area contributed by atoms with Gasteiger partial charge in [-0.15, -0.1) is 0 Å². The average Bonchev–Trinajstić information content (AvgIpc) is 3.57. The molecule has 0 fully saturated rings. The molecule has 3 aliphatic rings. The number of aromatic nitrogens is 1. The fourth-order valence-corrected chi connectivity index (χ4v) is 10.2. The smallest absolute Gasteiger partial charge is 0.0715 e. The largest absolute Gasteiger partial charge is 0.248 e. The molecule has 8 aromatic rings. The van der Waals surface area contributed by atoms with Crippen molar-refractivity contribution in [1.29, 1.82) is 0 Å². The fourth-order valence-electron chi connectivity index (χ4n) is 10.2. The minimum absolute atomic E-state index is 0.327. The molecule has 0 amide bonds. The Balaban J connectivity index is 1.08. The molecule has 1 atom stereocenters. The van der Waals surface area contributed by atoms with Gasteiger partial charge in [-0.25, -0.2) is 4.98 Å². The van der Waals surface area contributed by atoms with E-state index in [0.29, 0.717) is 5.92 Å². The van der Waals surface area contributed by atoms with Gasteiger partial charge in [-0.05, 0) is 115 Å². The van der Waals surface area contributed by atoms with E-state index in [4.69, 9.17) is 4.98 Å². The molecular weight excluding hydrogens is 687 g/mol. The van der Waals surface area contributed by atoms with Crippen LogP contribution in [0.1, 0.15) is 41.2 Å². The molecule has 1 aromatic heterocycles. The van der Waals surface area contributed by atoms with Crippen LogP contribution in [0.3, 0.4) is 0 Å². The van der Waals surface area contributed by atoms with E-state index in [9.17, 15) is 0 Å². The van der Waals surface area contributed by atoms with Gasteiger partial charge >= 0.3 is 0 Å². The third-order valence-electron chi connectivity index (χ3n) is 12.5. The van der Waals surface area contributed by atoms with Crippen molar-refractivity contribution in [2.24, 2.45) is 5.92 Å². The van der Waals surface area contributed by atoms with Gasteiger partial charge in [0.1, 0.15) is 0 Å². The van der Waals surface area contributed by atoms with Crippen molar-refractivity contribution in [3.05, 3.63) is 239 Å². The van der Waals surface area contributed by atoms with E-state index < -0.39 is 0 Å². The summed E-state index contributed by atoms with van der Waals surface area (Å²) in [5, 5.41) is 0. The van der Waals surface area contributed by atoms with Gasteiger partial charge in [0.2, 0.25) is 0 Å². The Morgan fingerprint density at radius 1 is 0.439 bits per heavy atom. The van der Waals surface area contributed by atoms with Crippen LogP contribution in [0.4, 0.5) is 0 Å². The molecule has 7 aromatic carbocycles. The number of fused-ring (bicyclic) bond motifs is 8. The van der Waals surface area contributed by atoms with Crippen molar-refractivity contribution in [3.8, 4) is 55.9 Å². The summed E-state index contributed by atoms with van der Waals surface area (Å²) >= 11 is 0. The Morgan fingerprint density at radius 2 is 0.965 bits per heavy atom. The topological polar surface area (TPSA) is 12.9 Å². The summed E-state index contributed by atoms with van der Waals surface area (Å²) in [4.78, 5) is 5.29. The summed E-state index contributed by atoms with van der Waals surface area (Å²) in [5.41, 5.74) is 22.7. The molecule has 0 aliphatic heterocycles. The van der Waals surface area contributed by atoms with Crippen LogP contribution >= 0.6 is 0 Å². The molecule has 0 saturated carbocycles. The zero-order valence-electron chi connectivity index (χ0n) is 32.0. The average molecular weight is 728 g/mol. The number of rotatable bonds is 5. The predicted molar refractivity (Wildman–Crippen MR) is 237 cm³/mol. The Labute approximate surface area is 335 Å². The van der Waals surface area contributed by atoms with E-state index >= 15 is 0 Å². The molecule has 11 rings (SSSR count). The van der Waals surface area contributed by atoms with Crippen LogP contribution in [-0.2, 0) is 11.8 Å². The number of hydrogen-bond donors (Lipinski definition) is 0. The highest BCUT2D eigenvalue weighted by Gasteiger charge is 2.51. The third-order valence-corrected chi connectivity index (χ3v) is 12.5.